The predicted molar refractivity (Wildman–Crippen MR) is 120 cm³/mol. The van der Waals surface area contributed by atoms with Crippen molar-refractivity contribution in [3.05, 3.63) is 93.9 Å². The number of hydrogen-bond donors (Lipinski definition) is 1. The highest BCUT2D eigenvalue weighted by atomic mass is 16.5. The first-order chi connectivity index (χ1) is 15.1. The fraction of sp³-hybridized carbons (Fsp3) is 0.208. The number of ether oxygens (including phenoxy) is 2. The molecule has 0 aliphatic heterocycles. The minimum atomic E-state index is -0.558. The van der Waals surface area contributed by atoms with E-state index in [0.717, 1.165) is 11.1 Å². The molecule has 0 saturated carbocycles. The molecule has 0 spiro atoms. The summed E-state index contributed by atoms with van der Waals surface area (Å²) in [5, 5.41) is 3.97. The summed E-state index contributed by atoms with van der Waals surface area (Å²) in [6, 6.07) is 18.4. The van der Waals surface area contributed by atoms with E-state index >= 15 is 0 Å². The van der Waals surface area contributed by atoms with Gasteiger partial charge in [-0.25, -0.2) is 5.43 Å². The lowest BCUT2D eigenvalue weighted by molar-refractivity contribution is 0.0953. The Hall–Kier alpha value is -3.87. The van der Waals surface area contributed by atoms with Crippen LogP contribution in [0.4, 0.5) is 0 Å². The summed E-state index contributed by atoms with van der Waals surface area (Å²) in [4.78, 5) is 24.5. The van der Waals surface area contributed by atoms with Crippen LogP contribution < -0.4 is 20.5 Å². The maximum Gasteiger partial charge on any atom is 0.276 e. The fourth-order valence-electron chi connectivity index (χ4n) is 2.91. The van der Waals surface area contributed by atoms with Crippen LogP contribution in [0.2, 0.25) is 0 Å². The van der Waals surface area contributed by atoms with Crippen LogP contribution >= 0.6 is 0 Å². The second-order valence-electron chi connectivity index (χ2n) is 6.63. The molecule has 0 radical (unpaired) electrons. The lowest BCUT2D eigenvalue weighted by atomic mass is 10.2. The van der Waals surface area contributed by atoms with Crippen molar-refractivity contribution in [2.45, 2.75) is 27.0 Å². The van der Waals surface area contributed by atoms with Crippen LogP contribution in [0.15, 0.2) is 76.8 Å². The van der Waals surface area contributed by atoms with E-state index in [1.54, 1.807) is 24.4 Å². The summed E-state index contributed by atoms with van der Waals surface area (Å²) >= 11 is 0. The lowest BCUT2D eigenvalue weighted by Crippen LogP contribution is -2.30. The molecule has 0 unspecified atom stereocenters. The average molecular weight is 419 g/mol. The molecule has 0 atom stereocenters. The molecule has 0 aliphatic rings. The maximum absolute atomic E-state index is 12.3. The van der Waals surface area contributed by atoms with Crippen molar-refractivity contribution in [1.82, 2.24) is 9.99 Å². The van der Waals surface area contributed by atoms with Gasteiger partial charge in [-0.2, -0.15) is 5.10 Å². The Labute approximate surface area is 180 Å². The number of aryl methyl sites for hydroxylation is 1. The quantitative estimate of drug-likeness (QED) is 0.424. The van der Waals surface area contributed by atoms with E-state index < -0.39 is 5.91 Å². The minimum Gasteiger partial charge on any atom is -0.490 e. The first-order valence-corrected chi connectivity index (χ1v) is 10.1. The first-order valence-electron chi connectivity index (χ1n) is 10.1. The predicted octanol–water partition coefficient (Wildman–Crippen LogP) is 3.61. The zero-order chi connectivity index (χ0) is 22.1. The van der Waals surface area contributed by atoms with Crippen molar-refractivity contribution in [3.8, 4) is 11.5 Å². The van der Waals surface area contributed by atoms with Crippen molar-refractivity contribution in [2.24, 2.45) is 5.10 Å². The number of nitrogens with zero attached hydrogens (tertiary/aromatic N) is 2. The number of aromatic nitrogens is 1. The normalized spacial score (nSPS) is 10.8. The van der Waals surface area contributed by atoms with E-state index in [0.29, 0.717) is 31.3 Å². The number of rotatable bonds is 9. The topological polar surface area (TPSA) is 81.9 Å². The Morgan fingerprint density at radius 2 is 1.84 bits per heavy atom. The van der Waals surface area contributed by atoms with Gasteiger partial charge in [0.1, 0.15) is 12.2 Å². The van der Waals surface area contributed by atoms with Gasteiger partial charge in [0, 0.05) is 12.7 Å². The second kappa shape index (κ2) is 10.8. The Morgan fingerprint density at radius 1 is 1.03 bits per heavy atom. The first kappa shape index (κ1) is 21.8. The van der Waals surface area contributed by atoms with Crippen molar-refractivity contribution in [2.75, 3.05) is 6.61 Å². The van der Waals surface area contributed by atoms with E-state index in [2.05, 4.69) is 10.5 Å². The van der Waals surface area contributed by atoms with E-state index in [-0.39, 0.29) is 11.1 Å². The van der Waals surface area contributed by atoms with Gasteiger partial charge in [0.2, 0.25) is 0 Å². The standard InChI is InChI=1S/C24H25N3O4/c1-3-27-14-8-11-20(24(27)29)23(28)26-25-16-19-12-13-21(22(15-19)30-4-2)31-17-18-9-6-5-7-10-18/h5-16H,3-4,17H2,1-2H3,(H,26,28)/b25-16-. The molecular weight excluding hydrogens is 394 g/mol. The number of benzene rings is 2. The van der Waals surface area contributed by atoms with Gasteiger partial charge in [-0.05, 0) is 55.3 Å². The SMILES string of the molecule is CCOc1cc(/C=N\NC(=O)c2cccn(CC)c2=O)ccc1OCc1ccccc1. The van der Waals surface area contributed by atoms with Crippen LogP contribution in [0.3, 0.4) is 0 Å². The number of amides is 1. The van der Waals surface area contributed by atoms with E-state index in [1.165, 1.54) is 16.8 Å². The van der Waals surface area contributed by atoms with Crippen molar-refractivity contribution < 1.29 is 14.3 Å². The Bertz CT molecular complexity index is 1110. The fourth-order valence-corrected chi connectivity index (χ4v) is 2.91. The lowest BCUT2D eigenvalue weighted by Gasteiger charge is -2.12. The van der Waals surface area contributed by atoms with Crippen molar-refractivity contribution in [3.63, 3.8) is 0 Å². The molecule has 3 aromatic rings. The molecule has 160 valence electrons. The number of hydrazone groups is 1. The van der Waals surface area contributed by atoms with Gasteiger partial charge in [-0.1, -0.05) is 30.3 Å². The number of carbonyl (C=O) groups is 1. The molecule has 0 aliphatic carbocycles. The molecule has 1 N–H and O–H groups in total. The summed E-state index contributed by atoms with van der Waals surface area (Å²) < 4.78 is 13.0. The number of carbonyl (C=O) groups excluding carboxylic acids is 1. The molecular formula is C24H25N3O4. The average Bonchev–Trinajstić information content (AvgIpc) is 2.79. The van der Waals surface area contributed by atoms with E-state index in [1.807, 2.05) is 50.2 Å². The third-order valence-electron chi connectivity index (χ3n) is 4.49. The van der Waals surface area contributed by atoms with Gasteiger partial charge in [-0.15, -0.1) is 0 Å². The molecule has 31 heavy (non-hydrogen) atoms. The van der Waals surface area contributed by atoms with Gasteiger partial charge < -0.3 is 14.0 Å². The highest BCUT2D eigenvalue weighted by Crippen LogP contribution is 2.28. The van der Waals surface area contributed by atoms with Crippen LogP contribution in [-0.4, -0.2) is 23.3 Å². The summed E-state index contributed by atoms with van der Waals surface area (Å²) in [7, 11) is 0. The second-order valence-corrected chi connectivity index (χ2v) is 6.63. The van der Waals surface area contributed by atoms with Crippen LogP contribution in [0.5, 0.6) is 11.5 Å². The van der Waals surface area contributed by atoms with Gasteiger partial charge in [-0.3, -0.25) is 9.59 Å². The van der Waals surface area contributed by atoms with E-state index in [9.17, 15) is 9.59 Å². The van der Waals surface area contributed by atoms with Crippen LogP contribution in [0, 0.1) is 0 Å². The highest BCUT2D eigenvalue weighted by molar-refractivity contribution is 5.94. The molecule has 3 rings (SSSR count). The molecule has 0 bridgehead atoms. The molecule has 1 amide bonds. The molecule has 7 nitrogen and oxygen atoms in total. The smallest absolute Gasteiger partial charge is 0.276 e. The summed E-state index contributed by atoms with van der Waals surface area (Å²) in [5.41, 5.74) is 3.86. The minimum absolute atomic E-state index is 0.0427. The van der Waals surface area contributed by atoms with E-state index in [4.69, 9.17) is 9.47 Å². The summed E-state index contributed by atoms with van der Waals surface area (Å²) in [5.74, 6) is 0.649. The number of hydrogen-bond acceptors (Lipinski definition) is 5. The van der Waals surface area contributed by atoms with Crippen molar-refractivity contribution in [1.29, 1.82) is 0 Å². The van der Waals surface area contributed by atoms with Crippen molar-refractivity contribution >= 4 is 12.1 Å². The molecule has 0 fully saturated rings. The largest absolute Gasteiger partial charge is 0.490 e. The number of nitrogens with one attached hydrogen (secondary N) is 1. The third-order valence-corrected chi connectivity index (χ3v) is 4.49. The van der Waals surface area contributed by atoms with Gasteiger partial charge >= 0.3 is 0 Å². The van der Waals surface area contributed by atoms with Crippen LogP contribution in [0.25, 0.3) is 0 Å². The van der Waals surface area contributed by atoms with Gasteiger partial charge in [0.05, 0.1) is 12.8 Å². The molecule has 1 aromatic heterocycles. The monoisotopic (exact) mass is 419 g/mol. The summed E-state index contributed by atoms with van der Waals surface area (Å²) in [6.45, 7) is 5.13. The Kier molecular flexibility index (Phi) is 7.59. The number of pyridine rings is 1. The van der Waals surface area contributed by atoms with Gasteiger partial charge in [0.15, 0.2) is 11.5 Å². The zero-order valence-corrected chi connectivity index (χ0v) is 17.6. The Morgan fingerprint density at radius 3 is 2.58 bits per heavy atom. The summed E-state index contributed by atoms with van der Waals surface area (Å²) in [6.07, 6.45) is 3.13. The van der Waals surface area contributed by atoms with Gasteiger partial charge in [0.25, 0.3) is 11.5 Å². The maximum atomic E-state index is 12.3. The Balaban J connectivity index is 1.68. The van der Waals surface area contributed by atoms with Crippen LogP contribution in [-0.2, 0) is 13.2 Å². The molecule has 7 heteroatoms. The molecule has 1 heterocycles. The third kappa shape index (κ3) is 5.82. The molecule has 2 aromatic carbocycles. The van der Waals surface area contributed by atoms with Crippen LogP contribution in [0.1, 0.15) is 35.3 Å². The zero-order valence-electron chi connectivity index (χ0n) is 17.6. The highest BCUT2D eigenvalue weighted by Gasteiger charge is 2.11. The molecule has 0 saturated heterocycles.